The first-order valence-electron chi connectivity index (χ1n) is 11.8. The Bertz CT molecular complexity index is 932. The molecule has 2 aliphatic heterocycles. The molecule has 33 heavy (non-hydrogen) atoms. The van der Waals surface area contributed by atoms with Gasteiger partial charge in [-0.15, -0.1) is 0 Å². The highest BCUT2D eigenvalue weighted by Gasteiger charge is 2.35. The predicted molar refractivity (Wildman–Crippen MR) is 126 cm³/mol. The first kappa shape index (κ1) is 25.6. The van der Waals surface area contributed by atoms with Crippen molar-refractivity contribution in [3.8, 4) is 0 Å². The van der Waals surface area contributed by atoms with Gasteiger partial charge in [-0.05, 0) is 71.2 Å². The molecule has 184 valence electrons. The van der Waals surface area contributed by atoms with Crippen molar-refractivity contribution in [2.75, 3.05) is 45.9 Å². The van der Waals surface area contributed by atoms with E-state index in [9.17, 15) is 18.0 Å². The summed E-state index contributed by atoms with van der Waals surface area (Å²) in [7, 11) is -3.67. The Kier molecular flexibility index (Phi) is 8.18. The van der Waals surface area contributed by atoms with Gasteiger partial charge in [0.1, 0.15) is 0 Å². The second-order valence-corrected chi connectivity index (χ2v) is 11.7. The Morgan fingerprint density at radius 2 is 1.61 bits per heavy atom. The molecule has 2 fully saturated rings. The Hall–Kier alpha value is -1.97. The summed E-state index contributed by atoms with van der Waals surface area (Å²) in [6.07, 6.45) is 2.01. The van der Waals surface area contributed by atoms with Crippen molar-refractivity contribution < 1.29 is 22.7 Å². The van der Waals surface area contributed by atoms with Crippen LogP contribution in [0.15, 0.2) is 29.2 Å². The van der Waals surface area contributed by atoms with Gasteiger partial charge in [0.05, 0.1) is 17.1 Å². The fourth-order valence-electron chi connectivity index (χ4n) is 4.54. The van der Waals surface area contributed by atoms with Crippen molar-refractivity contribution >= 4 is 21.9 Å². The van der Waals surface area contributed by atoms with E-state index in [2.05, 4.69) is 25.7 Å². The molecule has 0 bridgehead atoms. The lowest BCUT2D eigenvalue weighted by molar-refractivity contribution is -0.136. The zero-order chi connectivity index (χ0) is 24.2. The molecule has 8 nitrogen and oxygen atoms in total. The molecule has 0 aliphatic carbocycles. The minimum atomic E-state index is -3.67. The second kappa shape index (κ2) is 10.5. The average molecular weight is 480 g/mol. The highest BCUT2D eigenvalue weighted by atomic mass is 32.2. The summed E-state index contributed by atoms with van der Waals surface area (Å²) in [4.78, 5) is 29.5. The van der Waals surface area contributed by atoms with Crippen molar-refractivity contribution in [2.45, 2.75) is 57.4 Å². The average Bonchev–Trinajstić information content (AvgIpc) is 3.05. The van der Waals surface area contributed by atoms with Gasteiger partial charge < -0.3 is 9.64 Å². The van der Waals surface area contributed by atoms with Crippen molar-refractivity contribution in [3.63, 3.8) is 0 Å². The number of rotatable bonds is 5. The largest absolute Gasteiger partial charge is 0.462 e. The zero-order valence-corrected chi connectivity index (χ0v) is 21.1. The molecule has 1 aromatic rings. The topological polar surface area (TPSA) is 87.2 Å². The summed E-state index contributed by atoms with van der Waals surface area (Å²) in [5.41, 5.74) is 0.412. The number of ether oxygens (including phenoxy) is 1. The number of carbonyl (C=O) groups is 2. The molecule has 2 aliphatic rings. The highest BCUT2D eigenvalue weighted by molar-refractivity contribution is 7.89. The van der Waals surface area contributed by atoms with E-state index in [-0.39, 0.29) is 28.9 Å². The minimum Gasteiger partial charge on any atom is -0.462 e. The third-order valence-corrected chi connectivity index (χ3v) is 8.48. The summed E-state index contributed by atoms with van der Waals surface area (Å²) in [5, 5.41) is 0. The number of esters is 1. The van der Waals surface area contributed by atoms with E-state index in [1.165, 1.54) is 28.6 Å². The van der Waals surface area contributed by atoms with Crippen LogP contribution in [-0.2, 0) is 19.6 Å². The molecular weight excluding hydrogens is 442 g/mol. The van der Waals surface area contributed by atoms with Gasteiger partial charge in [0.2, 0.25) is 15.9 Å². The van der Waals surface area contributed by atoms with Crippen LogP contribution >= 0.6 is 0 Å². The molecular formula is C24H37N3O5S. The second-order valence-electron chi connectivity index (χ2n) is 9.76. The van der Waals surface area contributed by atoms with Crippen LogP contribution in [-0.4, -0.2) is 85.8 Å². The third-order valence-electron chi connectivity index (χ3n) is 6.56. The molecule has 0 radical (unpaired) electrons. The van der Waals surface area contributed by atoms with Crippen LogP contribution in [0, 0.1) is 5.92 Å². The van der Waals surface area contributed by atoms with E-state index in [1.807, 2.05) is 4.90 Å². The molecule has 2 saturated heterocycles. The number of carbonyl (C=O) groups excluding carboxylic acids is 2. The lowest BCUT2D eigenvalue weighted by Gasteiger charge is -2.35. The first-order valence-corrected chi connectivity index (χ1v) is 13.3. The van der Waals surface area contributed by atoms with Gasteiger partial charge in [0.15, 0.2) is 0 Å². The number of hydrogen-bond donors (Lipinski definition) is 0. The van der Waals surface area contributed by atoms with Crippen LogP contribution in [0.3, 0.4) is 0 Å². The van der Waals surface area contributed by atoms with E-state index >= 15 is 0 Å². The fourth-order valence-corrected chi connectivity index (χ4v) is 6.01. The van der Waals surface area contributed by atoms with Gasteiger partial charge >= 0.3 is 5.97 Å². The standard InChI is InChI=1S/C24H37N3O5S/c1-5-32-23(29)20-7-9-21(10-8-20)33(30,31)27-15-11-19(12-16-27)22(28)25-13-6-14-26(18-17-25)24(2,3)4/h7-10,19H,5-6,11-18H2,1-4H3. The number of hydrogen-bond acceptors (Lipinski definition) is 6. The van der Waals surface area contributed by atoms with E-state index < -0.39 is 16.0 Å². The summed E-state index contributed by atoms with van der Waals surface area (Å²) in [5.74, 6) is -0.453. The number of nitrogens with zero attached hydrogens (tertiary/aromatic N) is 3. The SMILES string of the molecule is CCOC(=O)c1ccc(S(=O)(=O)N2CCC(C(=O)N3CCCN(C(C)(C)C)CC3)CC2)cc1. The molecule has 0 unspecified atom stereocenters. The highest BCUT2D eigenvalue weighted by Crippen LogP contribution is 2.26. The monoisotopic (exact) mass is 479 g/mol. The Labute approximate surface area is 197 Å². The molecule has 3 rings (SSSR count). The van der Waals surface area contributed by atoms with Crippen LogP contribution in [0.25, 0.3) is 0 Å². The Balaban J connectivity index is 1.57. The Morgan fingerprint density at radius 1 is 0.970 bits per heavy atom. The number of benzene rings is 1. The van der Waals surface area contributed by atoms with Crippen molar-refractivity contribution in [1.82, 2.24) is 14.1 Å². The number of sulfonamides is 1. The molecule has 1 aromatic carbocycles. The molecule has 2 heterocycles. The van der Waals surface area contributed by atoms with E-state index in [0.717, 1.165) is 32.6 Å². The minimum absolute atomic E-state index is 0.0905. The summed E-state index contributed by atoms with van der Waals surface area (Å²) >= 11 is 0. The Morgan fingerprint density at radius 3 is 2.18 bits per heavy atom. The number of amides is 1. The van der Waals surface area contributed by atoms with Crippen molar-refractivity contribution in [2.24, 2.45) is 5.92 Å². The molecule has 0 aromatic heterocycles. The molecule has 9 heteroatoms. The molecule has 0 spiro atoms. The molecule has 0 atom stereocenters. The normalized spacial score (nSPS) is 19.8. The third kappa shape index (κ3) is 6.13. The predicted octanol–water partition coefficient (Wildman–Crippen LogP) is 2.60. The summed E-state index contributed by atoms with van der Waals surface area (Å²) in [6, 6.07) is 5.83. The summed E-state index contributed by atoms with van der Waals surface area (Å²) in [6.45, 7) is 12.6. The fraction of sp³-hybridized carbons (Fsp3) is 0.667. The van der Waals surface area contributed by atoms with Gasteiger partial charge in [0.25, 0.3) is 0 Å². The quantitative estimate of drug-likeness (QED) is 0.604. The van der Waals surface area contributed by atoms with Crippen molar-refractivity contribution in [3.05, 3.63) is 29.8 Å². The zero-order valence-electron chi connectivity index (χ0n) is 20.2. The van der Waals surface area contributed by atoms with Crippen LogP contribution in [0.2, 0.25) is 0 Å². The summed E-state index contributed by atoms with van der Waals surface area (Å²) < 4.78 is 32.5. The van der Waals surface area contributed by atoms with Crippen LogP contribution in [0.1, 0.15) is 57.3 Å². The maximum absolute atomic E-state index is 13.1. The molecule has 0 saturated carbocycles. The van der Waals surface area contributed by atoms with Gasteiger partial charge in [-0.25, -0.2) is 13.2 Å². The number of piperidine rings is 1. The smallest absolute Gasteiger partial charge is 0.338 e. The van der Waals surface area contributed by atoms with E-state index in [1.54, 1.807) is 6.92 Å². The molecule has 0 N–H and O–H groups in total. The van der Waals surface area contributed by atoms with Gasteiger partial charge in [-0.1, -0.05) is 0 Å². The maximum Gasteiger partial charge on any atom is 0.338 e. The molecule has 1 amide bonds. The maximum atomic E-state index is 13.1. The van der Waals surface area contributed by atoms with Crippen LogP contribution in [0.5, 0.6) is 0 Å². The van der Waals surface area contributed by atoms with Gasteiger partial charge in [0, 0.05) is 50.7 Å². The lowest BCUT2D eigenvalue weighted by atomic mass is 9.96. The van der Waals surface area contributed by atoms with Gasteiger partial charge in [-0.2, -0.15) is 4.31 Å². The lowest BCUT2D eigenvalue weighted by Crippen LogP contribution is -2.46. The van der Waals surface area contributed by atoms with Crippen LogP contribution < -0.4 is 0 Å². The van der Waals surface area contributed by atoms with E-state index in [4.69, 9.17) is 4.74 Å². The van der Waals surface area contributed by atoms with Crippen LogP contribution in [0.4, 0.5) is 0 Å². The first-order chi connectivity index (χ1) is 15.5. The van der Waals surface area contributed by atoms with Crippen molar-refractivity contribution in [1.29, 1.82) is 0 Å². The van der Waals surface area contributed by atoms with Gasteiger partial charge in [-0.3, -0.25) is 9.69 Å². The van der Waals surface area contributed by atoms with E-state index in [0.29, 0.717) is 31.5 Å².